The Balaban J connectivity index is 2.43. The number of amides is 1. The van der Waals surface area contributed by atoms with Gasteiger partial charge in [0.15, 0.2) is 0 Å². The van der Waals surface area contributed by atoms with Gasteiger partial charge < -0.3 is 5.32 Å². The first kappa shape index (κ1) is 18.8. The van der Waals surface area contributed by atoms with Gasteiger partial charge in [0.2, 0.25) is 0 Å². The van der Waals surface area contributed by atoms with Gasteiger partial charge in [0.25, 0.3) is 5.91 Å². The van der Waals surface area contributed by atoms with Crippen LogP contribution in [0.3, 0.4) is 0 Å². The molecule has 2 nitrogen and oxygen atoms in total. The molecule has 1 N–H and O–H groups in total. The molecule has 0 atom stereocenters. The van der Waals surface area contributed by atoms with E-state index in [0.29, 0.717) is 24.1 Å². The lowest BCUT2D eigenvalue weighted by Crippen LogP contribution is -2.17. The van der Waals surface area contributed by atoms with E-state index < -0.39 is 35.1 Å². The Morgan fingerprint density at radius 1 is 0.920 bits per heavy atom. The number of anilines is 1. The Bertz CT molecular complexity index is 747. The van der Waals surface area contributed by atoms with Crippen LogP contribution in [-0.2, 0) is 18.8 Å². The fourth-order valence-corrected chi connectivity index (χ4v) is 2.28. The zero-order valence-electron chi connectivity index (χ0n) is 12.9. The molecule has 8 heteroatoms. The lowest BCUT2D eigenvalue weighted by atomic mass is 10.0. The molecule has 0 heterocycles. The van der Waals surface area contributed by atoms with Crippen molar-refractivity contribution in [2.45, 2.75) is 25.7 Å². The molecule has 0 saturated carbocycles. The first-order valence-corrected chi connectivity index (χ1v) is 7.21. The number of hydrogen-bond donors (Lipinski definition) is 1. The SMILES string of the molecule is CCc1ccccc1C(=O)Nc1cc(C(F)(F)F)cc(C(F)(F)F)c1. The molecule has 0 aliphatic rings. The van der Waals surface area contributed by atoms with Gasteiger partial charge in [-0.05, 0) is 36.2 Å². The minimum absolute atomic E-state index is 0.00957. The van der Waals surface area contributed by atoms with Crippen molar-refractivity contribution in [3.8, 4) is 0 Å². The summed E-state index contributed by atoms with van der Waals surface area (Å²) < 4.78 is 77.0. The van der Waals surface area contributed by atoms with Crippen LogP contribution in [-0.4, -0.2) is 5.91 Å². The van der Waals surface area contributed by atoms with Gasteiger partial charge in [0.05, 0.1) is 11.1 Å². The van der Waals surface area contributed by atoms with Crippen molar-refractivity contribution in [1.29, 1.82) is 0 Å². The van der Waals surface area contributed by atoms with Crippen LogP contribution in [0.2, 0.25) is 0 Å². The smallest absolute Gasteiger partial charge is 0.322 e. The Morgan fingerprint density at radius 2 is 1.44 bits per heavy atom. The fourth-order valence-electron chi connectivity index (χ4n) is 2.28. The monoisotopic (exact) mass is 361 g/mol. The standard InChI is InChI=1S/C17H13F6NO/c1-2-10-5-3-4-6-14(10)15(25)24-13-8-11(16(18,19)20)7-12(9-13)17(21,22)23/h3-9H,2H2,1H3,(H,24,25). The van der Waals surface area contributed by atoms with Crippen LogP contribution in [0.4, 0.5) is 32.0 Å². The van der Waals surface area contributed by atoms with E-state index in [1.54, 1.807) is 25.1 Å². The molecule has 25 heavy (non-hydrogen) atoms. The summed E-state index contributed by atoms with van der Waals surface area (Å²) in [7, 11) is 0. The van der Waals surface area contributed by atoms with Crippen LogP contribution in [0.5, 0.6) is 0 Å². The summed E-state index contributed by atoms with van der Waals surface area (Å²) in [5.41, 5.74) is -2.72. The summed E-state index contributed by atoms with van der Waals surface area (Å²) in [6.07, 6.45) is -9.45. The molecule has 0 fully saturated rings. The highest BCUT2D eigenvalue weighted by molar-refractivity contribution is 6.05. The molecule has 0 radical (unpaired) electrons. The molecule has 1 amide bonds. The molecule has 2 aromatic rings. The second-order valence-corrected chi connectivity index (χ2v) is 5.26. The second-order valence-electron chi connectivity index (χ2n) is 5.26. The van der Waals surface area contributed by atoms with E-state index in [-0.39, 0.29) is 11.6 Å². The topological polar surface area (TPSA) is 29.1 Å². The van der Waals surface area contributed by atoms with Crippen LogP contribution in [0.15, 0.2) is 42.5 Å². The van der Waals surface area contributed by atoms with Gasteiger partial charge in [-0.3, -0.25) is 4.79 Å². The van der Waals surface area contributed by atoms with Gasteiger partial charge in [0.1, 0.15) is 0 Å². The summed E-state index contributed by atoms with van der Waals surface area (Å²) in [4.78, 5) is 12.2. The maximum Gasteiger partial charge on any atom is 0.416 e. The molecular weight excluding hydrogens is 348 g/mol. The van der Waals surface area contributed by atoms with Crippen LogP contribution >= 0.6 is 0 Å². The number of rotatable bonds is 3. The van der Waals surface area contributed by atoms with Crippen LogP contribution in [0.1, 0.15) is 34.0 Å². The molecule has 134 valence electrons. The van der Waals surface area contributed by atoms with Gasteiger partial charge >= 0.3 is 12.4 Å². The predicted octanol–water partition coefficient (Wildman–Crippen LogP) is 5.54. The highest BCUT2D eigenvalue weighted by Crippen LogP contribution is 2.37. The third-order valence-corrected chi connectivity index (χ3v) is 3.49. The minimum Gasteiger partial charge on any atom is -0.322 e. The van der Waals surface area contributed by atoms with Crippen LogP contribution in [0, 0.1) is 0 Å². The van der Waals surface area contributed by atoms with Gasteiger partial charge in [-0.25, -0.2) is 0 Å². The highest BCUT2D eigenvalue weighted by atomic mass is 19.4. The lowest BCUT2D eigenvalue weighted by molar-refractivity contribution is -0.143. The number of hydrogen-bond acceptors (Lipinski definition) is 1. The van der Waals surface area contributed by atoms with E-state index in [1.165, 1.54) is 6.07 Å². The molecule has 0 saturated heterocycles. The molecule has 2 rings (SSSR count). The highest BCUT2D eigenvalue weighted by Gasteiger charge is 2.37. The summed E-state index contributed by atoms with van der Waals surface area (Å²) >= 11 is 0. The molecule has 0 spiro atoms. The zero-order chi connectivity index (χ0) is 18.8. The predicted molar refractivity (Wildman–Crippen MR) is 80.2 cm³/mol. The molecule has 0 unspecified atom stereocenters. The average molecular weight is 361 g/mol. The lowest BCUT2D eigenvalue weighted by Gasteiger charge is -2.15. The molecule has 0 aromatic heterocycles. The third kappa shape index (κ3) is 4.52. The Morgan fingerprint density at radius 3 is 1.92 bits per heavy atom. The third-order valence-electron chi connectivity index (χ3n) is 3.49. The molecule has 2 aromatic carbocycles. The summed E-state index contributed by atoms with van der Waals surface area (Å²) in [6, 6.07) is 7.30. The van der Waals surface area contributed by atoms with Gasteiger partial charge in [-0.2, -0.15) is 26.3 Å². The quantitative estimate of drug-likeness (QED) is 0.715. The van der Waals surface area contributed by atoms with Gasteiger partial charge in [-0.15, -0.1) is 0 Å². The number of carbonyl (C=O) groups is 1. The Kier molecular flexibility index (Phi) is 5.10. The van der Waals surface area contributed by atoms with E-state index in [9.17, 15) is 31.1 Å². The van der Waals surface area contributed by atoms with Crippen molar-refractivity contribution in [2.24, 2.45) is 0 Å². The summed E-state index contributed by atoms with van der Waals surface area (Å²) in [6.45, 7) is 1.78. The number of alkyl halides is 6. The Hall–Kier alpha value is -2.51. The van der Waals surface area contributed by atoms with Crippen LogP contribution in [0.25, 0.3) is 0 Å². The van der Waals surface area contributed by atoms with Gasteiger partial charge in [0, 0.05) is 11.3 Å². The maximum atomic E-state index is 12.8. The zero-order valence-corrected chi connectivity index (χ0v) is 12.9. The molecule has 0 aliphatic heterocycles. The first-order valence-electron chi connectivity index (χ1n) is 7.21. The number of halogens is 6. The van der Waals surface area contributed by atoms with Crippen molar-refractivity contribution in [3.05, 3.63) is 64.7 Å². The summed E-state index contributed by atoms with van der Waals surface area (Å²) in [5.74, 6) is -0.773. The number of nitrogens with one attached hydrogen (secondary N) is 1. The van der Waals surface area contributed by atoms with E-state index >= 15 is 0 Å². The number of aryl methyl sites for hydroxylation is 1. The largest absolute Gasteiger partial charge is 0.416 e. The van der Waals surface area contributed by atoms with E-state index in [4.69, 9.17) is 0 Å². The second kappa shape index (κ2) is 6.78. The van der Waals surface area contributed by atoms with E-state index in [0.717, 1.165) is 0 Å². The maximum absolute atomic E-state index is 12.8. The summed E-state index contributed by atoms with van der Waals surface area (Å²) in [5, 5.41) is 2.12. The van der Waals surface area contributed by atoms with Crippen molar-refractivity contribution in [1.82, 2.24) is 0 Å². The average Bonchev–Trinajstić information content (AvgIpc) is 2.52. The van der Waals surface area contributed by atoms with Crippen molar-refractivity contribution in [3.63, 3.8) is 0 Å². The van der Waals surface area contributed by atoms with E-state index in [2.05, 4.69) is 5.32 Å². The van der Waals surface area contributed by atoms with Gasteiger partial charge in [-0.1, -0.05) is 25.1 Å². The minimum atomic E-state index is -4.97. The van der Waals surface area contributed by atoms with Crippen molar-refractivity contribution in [2.75, 3.05) is 5.32 Å². The van der Waals surface area contributed by atoms with E-state index in [1.807, 2.05) is 0 Å². The fraction of sp³-hybridized carbons (Fsp3) is 0.235. The molecule has 0 bridgehead atoms. The number of benzene rings is 2. The van der Waals surface area contributed by atoms with Crippen LogP contribution < -0.4 is 5.32 Å². The molecular formula is C17H13F6NO. The van der Waals surface area contributed by atoms with Crippen molar-refractivity contribution < 1.29 is 31.1 Å². The first-order chi connectivity index (χ1) is 11.5. The number of carbonyl (C=O) groups excluding carboxylic acids is 1. The molecule has 0 aliphatic carbocycles. The Labute approximate surface area is 139 Å². The normalized spacial score (nSPS) is 12.1. The van der Waals surface area contributed by atoms with Crippen molar-refractivity contribution >= 4 is 11.6 Å².